The van der Waals surface area contributed by atoms with Crippen molar-refractivity contribution in [3.05, 3.63) is 83.4 Å². The van der Waals surface area contributed by atoms with Gasteiger partial charge >= 0.3 is 0 Å². The molecule has 9 heteroatoms. The number of aromatic nitrogens is 5. The van der Waals surface area contributed by atoms with Gasteiger partial charge in [-0.1, -0.05) is 35.4 Å². The summed E-state index contributed by atoms with van der Waals surface area (Å²) in [6.07, 6.45) is 6.95. The van der Waals surface area contributed by atoms with Crippen molar-refractivity contribution in [3.8, 4) is 16.8 Å². The van der Waals surface area contributed by atoms with Crippen LogP contribution in [0.4, 0.5) is 5.95 Å². The largest absolute Gasteiger partial charge is 0.340 e. The van der Waals surface area contributed by atoms with Crippen molar-refractivity contribution in [2.45, 2.75) is 6.92 Å². The molecule has 2 unspecified atom stereocenters. The van der Waals surface area contributed by atoms with E-state index in [1.54, 1.807) is 12.4 Å². The van der Waals surface area contributed by atoms with E-state index < -0.39 is 0 Å². The third-order valence-electron chi connectivity index (χ3n) is 6.89. The monoisotopic (exact) mass is 485 g/mol. The van der Waals surface area contributed by atoms with Crippen molar-refractivity contribution >= 4 is 23.5 Å². The Kier molecular flexibility index (Phi) is 5.45. The fourth-order valence-corrected chi connectivity index (χ4v) is 5.23. The Hall–Kier alpha value is -3.78. The molecular formula is C26H24ClN7O. The van der Waals surface area contributed by atoms with E-state index in [9.17, 15) is 4.79 Å². The second-order valence-corrected chi connectivity index (χ2v) is 9.69. The summed E-state index contributed by atoms with van der Waals surface area (Å²) in [6.45, 7) is 5.13. The number of benzene rings is 2. The summed E-state index contributed by atoms with van der Waals surface area (Å²) in [5, 5.41) is 9.16. The average molecular weight is 486 g/mol. The van der Waals surface area contributed by atoms with Gasteiger partial charge in [-0.15, -0.1) is 0 Å². The van der Waals surface area contributed by atoms with Crippen molar-refractivity contribution in [2.75, 3.05) is 31.1 Å². The maximum absolute atomic E-state index is 13.5. The molecule has 4 heterocycles. The van der Waals surface area contributed by atoms with Crippen LogP contribution in [0.25, 0.3) is 16.8 Å². The highest BCUT2D eigenvalue weighted by Crippen LogP contribution is 2.34. The third kappa shape index (κ3) is 4.14. The smallest absolute Gasteiger partial charge is 0.256 e. The molecule has 8 nitrogen and oxygen atoms in total. The van der Waals surface area contributed by atoms with E-state index in [2.05, 4.69) is 25.1 Å². The zero-order valence-electron chi connectivity index (χ0n) is 19.3. The minimum Gasteiger partial charge on any atom is -0.340 e. The molecule has 6 rings (SSSR count). The lowest BCUT2D eigenvalue weighted by atomic mass is 10.0. The summed E-state index contributed by atoms with van der Waals surface area (Å²) < 4.78 is 0. The molecule has 1 amide bonds. The van der Waals surface area contributed by atoms with Crippen LogP contribution in [-0.2, 0) is 0 Å². The van der Waals surface area contributed by atoms with Crippen LogP contribution >= 0.6 is 11.6 Å². The predicted molar refractivity (Wildman–Crippen MR) is 134 cm³/mol. The van der Waals surface area contributed by atoms with Crippen molar-refractivity contribution in [2.24, 2.45) is 11.8 Å². The Labute approximate surface area is 208 Å². The number of carbonyl (C=O) groups excluding carboxylic acids is 1. The normalized spacial score (nSPS) is 19.3. The van der Waals surface area contributed by atoms with E-state index in [1.165, 1.54) is 4.80 Å². The van der Waals surface area contributed by atoms with E-state index >= 15 is 0 Å². The molecule has 2 aliphatic rings. The molecule has 2 saturated heterocycles. The van der Waals surface area contributed by atoms with E-state index in [0.29, 0.717) is 28.1 Å². The lowest BCUT2D eigenvalue weighted by Gasteiger charge is -2.22. The number of halogens is 1. The van der Waals surface area contributed by atoms with E-state index in [-0.39, 0.29) is 5.91 Å². The topological polar surface area (TPSA) is 80.0 Å². The SMILES string of the molecule is Cc1ccc(-n2nccn2)c(C(=O)N2CC3CN(c4ncc(-c5ccc(Cl)cc5)cn4)CC3C2)c1. The number of aryl methyl sites for hydroxylation is 1. The Morgan fingerprint density at radius 1 is 0.886 bits per heavy atom. The second kappa shape index (κ2) is 8.78. The quantitative estimate of drug-likeness (QED) is 0.436. The summed E-state index contributed by atoms with van der Waals surface area (Å²) in [7, 11) is 0. The van der Waals surface area contributed by atoms with E-state index in [1.807, 2.05) is 66.7 Å². The summed E-state index contributed by atoms with van der Waals surface area (Å²) in [5.74, 6) is 1.57. The third-order valence-corrected chi connectivity index (χ3v) is 7.14. The summed E-state index contributed by atoms with van der Waals surface area (Å²) in [5.41, 5.74) is 4.38. The van der Waals surface area contributed by atoms with Crippen LogP contribution in [0.5, 0.6) is 0 Å². The number of carbonyl (C=O) groups is 1. The first-order chi connectivity index (χ1) is 17.0. The van der Waals surface area contributed by atoms with Gasteiger partial charge in [-0.05, 0) is 36.8 Å². The maximum atomic E-state index is 13.5. The van der Waals surface area contributed by atoms with Crippen LogP contribution in [0.3, 0.4) is 0 Å². The zero-order chi connectivity index (χ0) is 23.9. The number of likely N-dealkylation sites (tertiary alicyclic amines) is 1. The van der Waals surface area contributed by atoms with Gasteiger partial charge in [-0.3, -0.25) is 4.79 Å². The van der Waals surface area contributed by atoms with Gasteiger partial charge < -0.3 is 9.80 Å². The molecule has 2 aromatic carbocycles. The van der Waals surface area contributed by atoms with E-state index in [4.69, 9.17) is 11.6 Å². The minimum absolute atomic E-state index is 0.0329. The van der Waals surface area contributed by atoms with Gasteiger partial charge in [0.2, 0.25) is 5.95 Å². The highest BCUT2D eigenvalue weighted by atomic mass is 35.5. The molecule has 0 aliphatic carbocycles. The first-order valence-corrected chi connectivity index (χ1v) is 12.0. The molecule has 2 aliphatic heterocycles. The number of amides is 1. The number of rotatable bonds is 4. The molecule has 0 radical (unpaired) electrons. The van der Waals surface area contributed by atoms with Gasteiger partial charge in [0.25, 0.3) is 5.91 Å². The second-order valence-electron chi connectivity index (χ2n) is 9.25. The Morgan fingerprint density at radius 2 is 1.54 bits per heavy atom. The molecule has 0 bridgehead atoms. The van der Waals surface area contributed by atoms with Crippen LogP contribution in [0.2, 0.25) is 5.02 Å². The zero-order valence-corrected chi connectivity index (χ0v) is 20.0. The number of anilines is 1. The number of nitrogens with zero attached hydrogens (tertiary/aromatic N) is 7. The van der Waals surface area contributed by atoms with Crippen LogP contribution in [0.1, 0.15) is 15.9 Å². The number of fused-ring (bicyclic) bond motifs is 1. The van der Waals surface area contributed by atoms with Gasteiger partial charge in [0.1, 0.15) is 0 Å². The Bertz CT molecular complexity index is 1340. The first-order valence-electron chi connectivity index (χ1n) is 11.6. The molecule has 2 atom stereocenters. The first kappa shape index (κ1) is 21.7. The molecule has 35 heavy (non-hydrogen) atoms. The van der Waals surface area contributed by atoms with Gasteiger partial charge in [-0.25, -0.2) is 9.97 Å². The standard InChI is InChI=1S/C26H24ClN7O/c1-17-2-7-24(34-30-8-9-31-34)23(10-17)25(35)32-13-20-15-33(16-21(20)14-32)26-28-11-19(12-29-26)18-3-5-22(27)6-4-18/h2-12,20-21H,13-16H2,1H3. The van der Waals surface area contributed by atoms with Crippen LogP contribution in [-0.4, -0.2) is 61.9 Å². The van der Waals surface area contributed by atoms with E-state index in [0.717, 1.165) is 48.8 Å². The van der Waals surface area contributed by atoms with Crippen molar-refractivity contribution in [3.63, 3.8) is 0 Å². The molecule has 176 valence electrons. The highest BCUT2D eigenvalue weighted by molar-refractivity contribution is 6.30. The number of hydrogen-bond acceptors (Lipinski definition) is 6. The number of hydrogen-bond donors (Lipinski definition) is 0. The van der Waals surface area contributed by atoms with Gasteiger partial charge in [-0.2, -0.15) is 15.0 Å². The fraction of sp³-hybridized carbons (Fsp3) is 0.269. The average Bonchev–Trinajstić information content (AvgIpc) is 3.61. The molecule has 0 spiro atoms. The molecule has 0 N–H and O–H groups in total. The van der Waals surface area contributed by atoms with Gasteiger partial charge in [0, 0.05) is 61.0 Å². The van der Waals surface area contributed by atoms with Crippen LogP contribution in [0.15, 0.2) is 67.3 Å². The Morgan fingerprint density at radius 3 is 2.20 bits per heavy atom. The summed E-state index contributed by atoms with van der Waals surface area (Å²) in [4.78, 5) is 28.5. The predicted octanol–water partition coefficient (Wildman–Crippen LogP) is 3.89. The molecular weight excluding hydrogens is 462 g/mol. The van der Waals surface area contributed by atoms with Crippen molar-refractivity contribution < 1.29 is 4.79 Å². The van der Waals surface area contributed by atoms with Gasteiger partial charge in [0.05, 0.1) is 23.6 Å². The van der Waals surface area contributed by atoms with Crippen LogP contribution < -0.4 is 4.90 Å². The van der Waals surface area contributed by atoms with Gasteiger partial charge in [0.15, 0.2) is 0 Å². The lowest BCUT2D eigenvalue weighted by Crippen LogP contribution is -2.34. The lowest BCUT2D eigenvalue weighted by molar-refractivity contribution is 0.0782. The highest BCUT2D eigenvalue weighted by Gasteiger charge is 2.42. The van der Waals surface area contributed by atoms with Crippen molar-refractivity contribution in [1.82, 2.24) is 29.9 Å². The van der Waals surface area contributed by atoms with Crippen molar-refractivity contribution in [1.29, 1.82) is 0 Å². The molecule has 4 aromatic rings. The maximum Gasteiger partial charge on any atom is 0.256 e. The molecule has 2 aromatic heterocycles. The summed E-state index contributed by atoms with van der Waals surface area (Å²) >= 11 is 5.99. The fourth-order valence-electron chi connectivity index (χ4n) is 5.10. The molecule has 0 saturated carbocycles. The Balaban J connectivity index is 1.14. The van der Waals surface area contributed by atoms with Crippen LogP contribution in [0, 0.1) is 18.8 Å². The molecule has 2 fully saturated rings. The minimum atomic E-state index is 0.0329. The summed E-state index contributed by atoms with van der Waals surface area (Å²) in [6, 6.07) is 13.5.